The number of nitrogens with zero attached hydrogens (tertiary/aromatic N) is 2. The maximum Gasteiger partial charge on any atom is 0.292 e. The van der Waals surface area contributed by atoms with Gasteiger partial charge in [0.1, 0.15) is 0 Å². The van der Waals surface area contributed by atoms with Crippen LogP contribution in [0.25, 0.3) is 5.52 Å². The van der Waals surface area contributed by atoms with Crippen molar-refractivity contribution in [3.05, 3.63) is 65.7 Å². The molecule has 0 spiro atoms. The molecule has 0 fully saturated rings. The van der Waals surface area contributed by atoms with E-state index in [0.717, 1.165) is 24.1 Å². The molecule has 0 unspecified atom stereocenters. The van der Waals surface area contributed by atoms with E-state index in [-0.39, 0.29) is 28.7 Å². The Hall–Kier alpha value is -3.15. The number of rotatable bonds is 6. The minimum atomic E-state index is -0.351. The van der Waals surface area contributed by atoms with Gasteiger partial charge in [0.15, 0.2) is 5.69 Å². The largest absolute Gasteiger partial charge is 0.351 e. The highest BCUT2D eigenvalue weighted by atomic mass is 16.2. The first kappa shape index (κ1) is 20.6. The molecule has 1 aromatic carbocycles. The van der Waals surface area contributed by atoms with E-state index in [2.05, 4.69) is 43.3 Å². The molecule has 3 aromatic rings. The van der Waals surface area contributed by atoms with Crippen LogP contribution in [0.1, 0.15) is 67.2 Å². The molecule has 0 saturated heterocycles. The summed E-state index contributed by atoms with van der Waals surface area (Å²) in [6.45, 7) is 8.95. The highest BCUT2D eigenvalue weighted by Crippen LogP contribution is 2.29. The molecule has 0 radical (unpaired) electrons. The predicted octanol–water partition coefficient (Wildman–Crippen LogP) is 4.41. The summed E-state index contributed by atoms with van der Waals surface area (Å²) >= 11 is 0. The van der Waals surface area contributed by atoms with Gasteiger partial charge in [-0.3, -0.25) is 14.0 Å². The predicted molar refractivity (Wildman–Crippen MR) is 116 cm³/mol. The van der Waals surface area contributed by atoms with E-state index >= 15 is 0 Å². The Kier molecular flexibility index (Phi) is 6.01. The van der Waals surface area contributed by atoms with E-state index < -0.39 is 0 Å². The van der Waals surface area contributed by atoms with E-state index in [1.54, 1.807) is 16.7 Å². The molecule has 2 heterocycles. The SMILES string of the molecule is CCCCNC(=O)c1nc(C(=O)Nc2ccccc2C(C)(C)C)n2ccccc12. The number of fused-ring (bicyclic) bond motifs is 1. The van der Waals surface area contributed by atoms with Crippen LogP contribution in [0.5, 0.6) is 0 Å². The topological polar surface area (TPSA) is 75.5 Å². The first-order valence-corrected chi connectivity index (χ1v) is 9.99. The normalized spacial score (nSPS) is 11.4. The van der Waals surface area contributed by atoms with E-state index in [1.165, 1.54) is 0 Å². The average molecular weight is 393 g/mol. The second-order valence-corrected chi connectivity index (χ2v) is 8.10. The van der Waals surface area contributed by atoms with Crippen LogP contribution < -0.4 is 10.6 Å². The summed E-state index contributed by atoms with van der Waals surface area (Å²) < 4.78 is 1.66. The third kappa shape index (κ3) is 4.47. The number of carbonyl (C=O) groups excluding carboxylic acids is 2. The number of amides is 2. The Morgan fingerprint density at radius 3 is 2.48 bits per heavy atom. The van der Waals surface area contributed by atoms with Crippen molar-refractivity contribution in [2.45, 2.75) is 46.0 Å². The molecule has 0 saturated carbocycles. The van der Waals surface area contributed by atoms with Crippen LogP contribution in [0.2, 0.25) is 0 Å². The van der Waals surface area contributed by atoms with Gasteiger partial charge in [0, 0.05) is 18.4 Å². The highest BCUT2D eigenvalue weighted by molar-refractivity contribution is 6.06. The summed E-state index contributed by atoms with van der Waals surface area (Å²) in [5, 5.41) is 5.85. The van der Waals surface area contributed by atoms with Gasteiger partial charge in [0.05, 0.1) is 5.52 Å². The number of hydrogen-bond acceptors (Lipinski definition) is 3. The summed E-state index contributed by atoms with van der Waals surface area (Å²) in [7, 11) is 0. The first-order chi connectivity index (χ1) is 13.8. The van der Waals surface area contributed by atoms with E-state index in [1.807, 2.05) is 36.4 Å². The molecule has 0 aliphatic carbocycles. The lowest BCUT2D eigenvalue weighted by atomic mass is 9.86. The summed E-state index contributed by atoms with van der Waals surface area (Å²) in [5.41, 5.74) is 2.52. The van der Waals surface area contributed by atoms with Crippen molar-refractivity contribution in [3.63, 3.8) is 0 Å². The van der Waals surface area contributed by atoms with Crippen molar-refractivity contribution >= 4 is 23.0 Å². The van der Waals surface area contributed by atoms with Crippen LogP contribution in [0, 0.1) is 0 Å². The van der Waals surface area contributed by atoms with Crippen LogP contribution in [0.15, 0.2) is 48.7 Å². The van der Waals surface area contributed by atoms with E-state index in [9.17, 15) is 9.59 Å². The molecular weight excluding hydrogens is 364 g/mol. The second-order valence-electron chi connectivity index (χ2n) is 8.10. The Morgan fingerprint density at radius 2 is 1.76 bits per heavy atom. The molecule has 0 atom stereocenters. The molecule has 29 heavy (non-hydrogen) atoms. The monoisotopic (exact) mass is 392 g/mol. The van der Waals surface area contributed by atoms with Gasteiger partial charge in [0.25, 0.3) is 11.8 Å². The number of hydrogen-bond donors (Lipinski definition) is 2. The average Bonchev–Trinajstić information content (AvgIpc) is 3.08. The zero-order valence-corrected chi connectivity index (χ0v) is 17.5. The van der Waals surface area contributed by atoms with Gasteiger partial charge in [-0.05, 0) is 35.6 Å². The van der Waals surface area contributed by atoms with Crippen LogP contribution >= 0.6 is 0 Å². The fraction of sp³-hybridized carbons (Fsp3) is 0.348. The van der Waals surface area contributed by atoms with Gasteiger partial charge in [-0.15, -0.1) is 0 Å². The van der Waals surface area contributed by atoms with Crippen LogP contribution in [0.3, 0.4) is 0 Å². The highest BCUT2D eigenvalue weighted by Gasteiger charge is 2.23. The van der Waals surface area contributed by atoms with Gasteiger partial charge in [-0.25, -0.2) is 4.98 Å². The van der Waals surface area contributed by atoms with Crippen LogP contribution in [-0.2, 0) is 5.41 Å². The van der Waals surface area contributed by atoms with Gasteiger partial charge in [-0.2, -0.15) is 0 Å². The Balaban J connectivity index is 1.95. The summed E-state index contributed by atoms with van der Waals surface area (Å²) in [6.07, 6.45) is 3.63. The zero-order chi connectivity index (χ0) is 21.0. The van der Waals surface area contributed by atoms with E-state index in [4.69, 9.17) is 0 Å². The smallest absolute Gasteiger partial charge is 0.292 e. The number of pyridine rings is 1. The van der Waals surface area contributed by atoms with Gasteiger partial charge < -0.3 is 10.6 Å². The lowest BCUT2D eigenvalue weighted by Crippen LogP contribution is -2.25. The van der Waals surface area contributed by atoms with Crippen molar-refractivity contribution in [2.75, 3.05) is 11.9 Å². The van der Waals surface area contributed by atoms with Crippen molar-refractivity contribution in [3.8, 4) is 0 Å². The van der Waals surface area contributed by atoms with Gasteiger partial charge >= 0.3 is 0 Å². The van der Waals surface area contributed by atoms with Gasteiger partial charge in [0.2, 0.25) is 5.82 Å². The molecule has 2 aromatic heterocycles. The zero-order valence-electron chi connectivity index (χ0n) is 17.5. The molecule has 0 aliphatic heterocycles. The summed E-state index contributed by atoms with van der Waals surface area (Å²) in [5.74, 6) is -0.434. The molecule has 3 rings (SSSR count). The molecule has 2 N–H and O–H groups in total. The number of aromatic nitrogens is 2. The summed E-state index contributed by atoms with van der Waals surface area (Å²) in [6, 6.07) is 13.2. The number of imidazole rings is 1. The molecule has 6 nitrogen and oxygen atoms in total. The molecule has 152 valence electrons. The number of anilines is 1. The number of unbranched alkanes of at least 4 members (excludes halogenated alkanes) is 1. The molecular formula is C23H28N4O2. The Bertz CT molecular complexity index is 1030. The Morgan fingerprint density at radius 1 is 1.03 bits per heavy atom. The Labute approximate surface area is 171 Å². The molecule has 2 amide bonds. The van der Waals surface area contributed by atoms with Crippen LogP contribution in [-0.4, -0.2) is 27.7 Å². The van der Waals surface area contributed by atoms with Crippen LogP contribution in [0.4, 0.5) is 5.69 Å². The van der Waals surface area contributed by atoms with Crippen molar-refractivity contribution in [1.82, 2.24) is 14.7 Å². The van der Waals surface area contributed by atoms with Crippen molar-refractivity contribution < 1.29 is 9.59 Å². The second kappa shape index (κ2) is 8.47. The maximum absolute atomic E-state index is 13.1. The van der Waals surface area contributed by atoms with Crippen molar-refractivity contribution in [1.29, 1.82) is 0 Å². The molecule has 6 heteroatoms. The number of benzene rings is 1. The molecule has 0 aliphatic rings. The quantitative estimate of drug-likeness (QED) is 0.610. The number of para-hydroxylation sites is 1. The maximum atomic E-state index is 13.1. The third-order valence-corrected chi connectivity index (χ3v) is 4.77. The lowest BCUT2D eigenvalue weighted by Gasteiger charge is -2.22. The fourth-order valence-electron chi connectivity index (χ4n) is 3.25. The van der Waals surface area contributed by atoms with Crippen molar-refractivity contribution in [2.24, 2.45) is 0 Å². The third-order valence-electron chi connectivity index (χ3n) is 4.77. The fourth-order valence-corrected chi connectivity index (χ4v) is 3.25. The first-order valence-electron chi connectivity index (χ1n) is 9.99. The number of nitrogens with one attached hydrogen (secondary N) is 2. The summed E-state index contributed by atoms with van der Waals surface area (Å²) in [4.78, 5) is 30.1. The van der Waals surface area contributed by atoms with Gasteiger partial charge in [-0.1, -0.05) is 58.4 Å². The number of carbonyl (C=O) groups is 2. The minimum Gasteiger partial charge on any atom is -0.351 e. The lowest BCUT2D eigenvalue weighted by molar-refractivity contribution is 0.0950. The standard InChI is InChI=1S/C23H28N4O2/c1-5-6-14-24-21(28)19-18-13-9-10-15-27(18)20(26-19)22(29)25-17-12-8-7-11-16(17)23(2,3)4/h7-13,15H,5-6,14H2,1-4H3,(H,24,28)(H,25,29). The molecule has 0 bridgehead atoms. The van der Waals surface area contributed by atoms with E-state index in [0.29, 0.717) is 12.1 Å². The minimum absolute atomic E-state index is 0.122.